The average Bonchev–Trinajstić information content (AvgIpc) is 2.85. The largest absolute Gasteiger partial charge is 0.353 e. The summed E-state index contributed by atoms with van der Waals surface area (Å²) < 4.78 is 0. The molecule has 3 heterocycles. The molecule has 0 unspecified atom stereocenters. The molecule has 1 aromatic heterocycles. The minimum atomic E-state index is 0.0998. The van der Waals surface area contributed by atoms with Crippen LogP contribution in [0.25, 0.3) is 22.7 Å². The average molecular weight is 262 g/mol. The summed E-state index contributed by atoms with van der Waals surface area (Å²) in [5.41, 5.74) is 3.03. The molecule has 4 rings (SSSR count). The maximum absolute atomic E-state index is 11.5. The lowest BCUT2D eigenvalue weighted by atomic mass is 10.1. The van der Waals surface area contributed by atoms with Gasteiger partial charge in [-0.05, 0) is 25.1 Å². The number of ketones is 1. The fraction of sp³-hybridized carbons (Fsp3) is 0.118. The number of nitrogens with one attached hydrogen (secondary N) is 1. The van der Waals surface area contributed by atoms with Crippen molar-refractivity contribution in [2.45, 2.75) is 6.92 Å². The molecular weight excluding hydrogens is 248 g/mol. The van der Waals surface area contributed by atoms with Gasteiger partial charge < -0.3 is 9.88 Å². The Bertz CT molecular complexity index is 912. The zero-order chi connectivity index (χ0) is 13.7. The molecule has 1 N–H and O–H groups in total. The molecule has 98 valence electrons. The third kappa shape index (κ3) is 1.50. The second kappa shape index (κ2) is 3.97. The monoisotopic (exact) mass is 262 g/mol. The highest BCUT2D eigenvalue weighted by Crippen LogP contribution is 2.19. The van der Waals surface area contributed by atoms with Crippen LogP contribution in [0.2, 0.25) is 0 Å². The van der Waals surface area contributed by atoms with E-state index in [-0.39, 0.29) is 5.78 Å². The van der Waals surface area contributed by atoms with Crippen molar-refractivity contribution in [1.29, 1.82) is 0 Å². The van der Waals surface area contributed by atoms with Crippen molar-refractivity contribution < 1.29 is 4.79 Å². The lowest BCUT2D eigenvalue weighted by Gasteiger charge is -2.25. The van der Waals surface area contributed by atoms with E-state index in [4.69, 9.17) is 0 Å². The molecule has 2 aromatic rings. The zero-order valence-corrected chi connectivity index (χ0v) is 11.2. The smallest absolute Gasteiger partial charge is 0.161 e. The van der Waals surface area contributed by atoms with Crippen molar-refractivity contribution in [3.63, 3.8) is 0 Å². The number of allylic oxidation sites excluding steroid dienone is 2. The Morgan fingerprint density at radius 2 is 2.10 bits per heavy atom. The highest BCUT2D eigenvalue weighted by Gasteiger charge is 2.17. The van der Waals surface area contributed by atoms with E-state index in [0.717, 1.165) is 28.7 Å². The van der Waals surface area contributed by atoms with E-state index in [1.54, 1.807) is 6.92 Å². The minimum absolute atomic E-state index is 0.0998. The van der Waals surface area contributed by atoms with Gasteiger partial charge in [-0.2, -0.15) is 0 Å². The van der Waals surface area contributed by atoms with Gasteiger partial charge in [0.1, 0.15) is 0 Å². The molecule has 0 aliphatic carbocycles. The number of Topliss-reactive ketones (excluding diaryl/α,β-unsaturated/α-hetero) is 1. The first-order valence-corrected chi connectivity index (χ1v) is 6.73. The fourth-order valence-electron chi connectivity index (χ4n) is 2.90. The number of aromatic amines is 1. The van der Waals surface area contributed by atoms with Gasteiger partial charge in [0.2, 0.25) is 0 Å². The third-order valence-corrected chi connectivity index (χ3v) is 3.93. The standard InChI is InChI=1S/C17H14N2O/c1-11(20)12-6-7-16-17-14(8-9-19(16)10-12)13-4-2-3-5-15(13)18-17/h2-8,10,18H,9H2,1H3. The highest BCUT2D eigenvalue weighted by atomic mass is 16.1. The molecule has 0 bridgehead atoms. The normalized spacial score (nSPS) is 16.6. The van der Waals surface area contributed by atoms with Gasteiger partial charge in [0.25, 0.3) is 0 Å². The first-order chi connectivity index (χ1) is 9.74. The number of hydrogen-bond acceptors (Lipinski definition) is 2. The van der Waals surface area contributed by atoms with E-state index < -0.39 is 0 Å². The van der Waals surface area contributed by atoms with Crippen molar-refractivity contribution in [2.24, 2.45) is 0 Å². The topological polar surface area (TPSA) is 36.1 Å². The SMILES string of the molecule is CC(=O)C1=CN2CC=c3c([nH]c4ccccc34)=C2C=C1. The summed E-state index contributed by atoms with van der Waals surface area (Å²) in [5.74, 6) is 0.0998. The van der Waals surface area contributed by atoms with Crippen molar-refractivity contribution in [1.82, 2.24) is 9.88 Å². The predicted octanol–water partition coefficient (Wildman–Crippen LogP) is 1.41. The number of para-hydroxylation sites is 1. The Kier molecular flexibility index (Phi) is 2.24. The molecule has 0 saturated carbocycles. The van der Waals surface area contributed by atoms with Crippen molar-refractivity contribution in [2.75, 3.05) is 6.54 Å². The molecule has 2 aliphatic heterocycles. The quantitative estimate of drug-likeness (QED) is 0.843. The zero-order valence-electron chi connectivity index (χ0n) is 11.2. The summed E-state index contributed by atoms with van der Waals surface area (Å²) in [6.45, 7) is 2.40. The summed E-state index contributed by atoms with van der Waals surface area (Å²) in [4.78, 5) is 17.1. The maximum Gasteiger partial charge on any atom is 0.161 e. The molecule has 2 aliphatic rings. The van der Waals surface area contributed by atoms with E-state index >= 15 is 0 Å². The van der Waals surface area contributed by atoms with Crippen LogP contribution in [0.3, 0.4) is 0 Å². The molecular formula is C17H14N2O. The molecule has 1 aromatic carbocycles. The summed E-state index contributed by atoms with van der Waals surface area (Å²) in [5, 5.41) is 3.65. The van der Waals surface area contributed by atoms with E-state index in [2.05, 4.69) is 34.2 Å². The Labute approximate surface area is 116 Å². The van der Waals surface area contributed by atoms with E-state index in [1.807, 2.05) is 24.4 Å². The predicted molar refractivity (Wildman–Crippen MR) is 80.0 cm³/mol. The third-order valence-electron chi connectivity index (χ3n) is 3.93. The van der Waals surface area contributed by atoms with Crippen LogP contribution in [-0.4, -0.2) is 22.2 Å². The number of nitrogens with zero attached hydrogens (tertiary/aromatic N) is 1. The van der Waals surface area contributed by atoms with Crippen LogP contribution in [0.15, 0.2) is 48.2 Å². The number of aromatic nitrogens is 1. The summed E-state index contributed by atoms with van der Waals surface area (Å²) in [6, 6.07) is 8.33. The molecule has 0 saturated heterocycles. The molecule has 0 atom stereocenters. The van der Waals surface area contributed by atoms with Gasteiger partial charge in [-0.25, -0.2) is 0 Å². The first-order valence-electron chi connectivity index (χ1n) is 6.73. The lowest BCUT2D eigenvalue weighted by Crippen LogP contribution is -2.38. The number of carbonyl (C=O) groups excluding carboxylic acids is 1. The second-order valence-electron chi connectivity index (χ2n) is 5.17. The van der Waals surface area contributed by atoms with Crippen LogP contribution in [0, 0.1) is 0 Å². The molecule has 0 fully saturated rings. The number of benzene rings is 1. The Hall–Kier alpha value is -2.55. The number of rotatable bonds is 1. The minimum Gasteiger partial charge on any atom is -0.353 e. The lowest BCUT2D eigenvalue weighted by molar-refractivity contribution is -0.113. The van der Waals surface area contributed by atoms with Crippen LogP contribution >= 0.6 is 0 Å². The van der Waals surface area contributed by atoms with Crippen LogP contribution < -0.4 is 10.6 Å². The molecule has 0 spiro atoms. The molecule has 3 heteroatoms. The summed E-state index contributed by atoms with van der Waals surface area (Å²) in [7, 11) is 0. The van der Waals surface area contributed by atoms with Crippen molar-refractivity contribution >= 4 is 28.5 Å². The van der Waals surface area contributed by atoms with Gasteiger partial charge >= 0.3 is 0 Å². The Morgan fingerprint density at radius 3 is 2.95 bits per heavy atom. The molecule has 0 amide bonds. The first kappa shape index (κ1) is 11.3. The van der Waals surface area contributed by atoms with Crippen LogP contribution in [0.1, 0.15) is 6.92 Å². The molecule has 3 nitrogen and oxygen atoms in total. The summed E-state index contributed by atoms with van der Waals surface area (Å²) >= 11 is 0. The number of carbonyl (C=O) groups is 1. The Morgan fingerprint density at radius 1 is 1.25 bits per heavy atom. The second-order valence-corrected chi connectivity index (χ2v) is 5.17. The Balaban J connectivity index is 2.02. The van der Waals surface area contributed by atoms with Gasteiger partial charge in [0.05, 0.1) is 11.0 Å². The summed E-state index contributed by atoms with van der Waals surface area (Å²) in [6.07, 6.45) is 8.07. The van der Waals surface area contributed by atoms with Crippen molar-refractivity contribution in [3.8, 4) is 0 Å². The van der Waals surface area contributed by atoms with Crippen LogP contribution in [0.5, 0.6) is 0 Å². The molecule has 0 radical (unpaired) electrons. The van der Waals surface area contributed by atoms with Crippen molar-refractivity contribution in [3.05, 3.63) is 58.8 Å². The van der Waals surface area contributed by atoms with Gasteiger partial charge in [-0.15, -0.1) is 0 Å². The van der Waals surface area contributed by atoms with Crippen LogP contribution in [-0.2, 0) is 4.79 Å². The highest BCUT2D eigenvalue weighted by molar-refractivity contribution is 5.97. The number of H-pyrrole nitrogens is 1. The van der Waals surface area contributed by atoms with Crippen LogP contribution in [0.4, 0.5) is 0 Å². The fourth-order valence-corrected chi connectivity index (χ4v) is 2.90. The van der Waals surface area contributed by atoms with Gasteiger partial charge in [0.15, 0.2) is 5.78 Å². The number of fused-ring (bicyclic) bond motifs is 4. The number of hydrogen-bond donors (Lipinski definition) is 1. The van der Waals surface area contributed by atoms with E-state index in [1.165, 1.54) is 10.6 Å². The molecule has 20 heavy (non-hydrogen) atoms. The van der Waals surface area contributed by atoms with Gasteiger partial charge in [0, 0.05) is 34.4 Å². The van der Waals surface area contributed by atoms with Gasteiger partial charge in [-0.3, -0.25) is 4.79 Å². The van der Waals surface area contributed by atoms with E-state index in [9.17, 15) is 4.79 Å². The van der Waals surface area contributed by atoms with Gasteiger partial charge in [-0.1, -0.05) is 24.3 Å². The van der Waals surface area contributed by atoms with E-state index in [0.29, 0.717) is 0 Å². The maximum atomic E-state index is 11.5.